The summed E-state index contributed by atoms with van der Waals surface area (Å²) in [5.41, 5.74) is 1.26. The first-order valence-electron chi connectivity index (χ1n) is 5.38. The Balaban J connectivity index is 2.35. The highest BCUT2D eigenvalue weighted by molar-refractivity contribution is 7.11. The molecule has 4 nitrogen and oxygen atoms in total. The number of alkyl halides is 1. The average Bonchev–Trinajstić information content (AvgIpc) is 2.81. The molecular formula is C11H13ClN2O2S. The second kappa shape index (κ2) is 4.74. The number of amides is 1. The van der Waals surface area contributed by atoms with Crippen LogP contribution in [0.2, 0.25) is 0 Å². The minimum absolute atomic E-state index is 0.0294. The standard InChI is InChI=1S/C11H13ClN2O2S/c1-6-10(7(2)15)11(17-13-6)14-5-8(4-12)3-9(14)16/h8H,3-5H2,1-2H3. The van der Waals surface area contributed by atoms with Gasteiger partial charge in [0, 0.05) is 18.8 Å². The van der Waals surface area contributed by atoms with Gasteiger partial charge in [-0.2, -0.15) is 4.37 Å². The lowest BCUT2D eigenvalue weighted by molar-refractivity contribution is -0.117. The van der Waals surface area contributed by atoms with Crippen molar-refractivity contribution in [3.8, 4) is 0 Å². The smallest absolute Gasteiger partial charge is 0.228 e. The van der Waals surface area contributed by atoms with Crippen molar-refractivity contribution in [1.29, 1.82) is 0 Å². The Morgan fingerprint density at radius 3 is 2.88 bits per heavy atom. The van der Waals surface area contributed by atoms with Crippen LogP contribution in [0.25, 0.3) is 0 Å². The van der Waals surface area contributed by atoms with E-state index in [1.54, 1.807) is 11.8 Å². The zero-order chi connectivity index (χ0) is 12.6. The summed E-state index contributed by atoms with van der Waals surface area (Å²) in [5.74, 6) is 0.622. The van der Waals surface area contributed by atoms with E-state index in [1.165, 1.54) is 18.5 Å². The molecule has 1 atom stereocenters. The third kappa shape index (κ3) is 2.21. The molecule has 0 spiro atoms. The van der Waals surface area contributed by atoms with Gasteiger partial charge >= 0.3 is 0 Å². The summed E-state index contributed by atoms with van der Waals surface area (Å²) in [4.78, 5) is 25.1. The van der Waals surface area contributed by atoms with Gasteiger partial charge in [0.1, 0.15) is 5.00 Å². The lowest BCUT2D eigenvalue weighted by Gasteiger charge is -2.14. The molecular weight excluding hydrogens is 260 g/mol. The third-order valence-corrected chi connectivity index (χ3v) is 4.26. The summed E-state index contributed by atoms with van der Waals surface area (Å²) >= 11 is 6.98. The maximum Gasteiger partial charge on any atom is 0.228 e. The van der Waals surface area contributed by atoms with E-state index in [9.17, 15) is 9.59 Å². The SMILES string of the molecule is CC(=O)c1c(C)nsc1N1CC(CCl)CC1=O. The lowest BCUT2D eigenvalue weighted by atomic mass is 10.1. The molecule has 0 N–H and O–H groups in total. The van der Waals surface area contributed by atoms with E-state index in [0.29, 0.717) is 35.1 Å². The number of halogens is 1. The predicted molar refractivity (Wildman–Crippen MR) is 68.0 cm³/mol. The van der Waals surface area contributed by atoms with Crippen molar-refractivity contribution >= 4 is 39.8 Å². The molecule has 0 radical (unpaired) electrons. The van der Waals surface area contributed by atoms with Crippen LogP contribution in [0.15, 0.2) is 0 Å². The van der Waals surface area contributed by atoms with E-state index in [0.717, 1.165) is 0 Å². The Labute approximate surface area is 109 Å². The summed E-state index contributed by atoms with van der Waals surface area (Å²) in [5, 5.41) is 0.674. The van der Waals surface area contributed by atoms with E-state index in [4.69, 9.17) is 11.6 Å². The fourth-order valence-electron chi connectivity index (χ4n) is 2.03. The number of aromatic nitrogens is 1. The van der Waals surface area contributed by atoms with Crippen molar-refractivity contribution in [3.05, 3.63) is 11.3 Å². The van der Waals surface area contributed by atoms with Crippen molar-refractivity contribution < 1.29 is 9.59 Å². The molecule has 1 unspecified atom stereocenters. The van der Waals surface area contributed by atoms with Gasteiger partial charge in [-0.1, -0.05) is 0 Å². The number of rotatable bonds is 3. The summed E-state index contributed by atoms with van der Waals surface area (Å²) in [6.45, 7) is 3.88. The predicted octanol–water partition coefficient (Wildman–Crippen LogP) is 2.25. The molecule has 1 amide bonds. The first kappa shape index (κ1) is 12.5. The lowest BCUT2D eigenvalue weighted by Crippen LogP contribution is -2.25. The molecule has 6 heteroatoms. The number of aryl methyl sites for hydroxylation is 1. The molecule has 17 heavy (non-hydrogen) atoms. The van der Waals surface area contributed by atoms with Gasteiger partial charge in [0.05, 0.1) is 11.3 Å². The molecule has 0 aromatic carbocycles. The minimum atomic E-state index is -0.0478. The topological polar surface area (TPSA) is 50.3 Å². The first-order valence-corrected chi connectivity index (χ1v) is 6.69. The number of hydrogen-bond donors (Lipinski definition) is 0. The molecule has 1 aliphatic heterocycles. The van der Waals surface area contributed by atoms with Crippen LogP contribution in [0.4, 0.5) is 5.00 Å². The molecule has 0 bridgehead atoms. The van der Waals surface area contributed by atoms with Crippen molar-refractivity contribution in [2.45, 2.75) is 20.3 Å². The van der Waals surface area contributed by atoms with Gasteiger partial charge in [0.2, 0.25) is 5.91 Å². The molecule has 1 aromatic heterocycles. The van der Waals surface area contributed by atoms with E-state index < -0.39 is 0 Å². The maximum atomic E-state index is 11.9. The van der Waals surface area contributed by atoms with Crippen LogP contribution in [-0.2, 0) is 4.79 Å². The summed E-state index contributed by atoms with van der Waals surface area (Å²) in [6.07, 6.45) is 0.456. The Bertz CT molecular complexity index is 472. The maximum absolute atomic E-state index is 11.9. The zero-order valence-electron chi connectivity index (χ0n) is 9.70. The third-order valence-electron chi connectivity index (χ3n) is 2.87. The van der Waals surface area contributed by atoms with E-state index in [-0.39, 0.29) is 17.6 Å². The minimum Gasteiger partial charge on any atom is -0.302 e. The highest BCUT2D eigenvalue weighted by Gasteiger charge is 2.33. The van der Waals surface area contributed by atoms with E-state index >= 15 is 0 Å². The van der Waals surface area contributed by atoms with Gasteiger partial charge in [0.15, 0.2) is 5.78 Å². The molecule has 0 aliphatic carbocycles. The molecule has 2 rings (SSSR count). The fraction of sp³-hybridized carbons (Fsp3) is 0.545. The van der Waals surface area contributed by atoms with Gasteiger partial charge in [-0.3, -0.25) is 9.59 Å². The van der Waals surface area contributed by atoms with Gasteiger partial charge < -0.3 is 4.90 Å². The Kier molecular flexibility index (Phi) is 3.49. The average molecular weight is 273 g/mol. The van der Waals surface area contributed by atoms with Gasteiger partial charge in [-0.15, -0.1) is 11.6 Å². The number of hydrogen-bond acceptors (Lipinski definition) is 4. The zero-order valence-corrected chi connectivity index (χ0v) is 11.3. The second-order valence-corrected chi connectivity index (χ2v) is 5.29. The van der Waals surface area contributed by atoms with Crippen LogP contribution >= 0.6 is 23.1 Å². The monoisotopic (exact) mass is 272 g/mol. The quantitative estimate of drug-likeness (QED) is 0.626. The van der Waals surface area contributed by atoms with Crippen LogP contribution in [-0.4, -0.2) is 28.5 Å². The number of anilines is 1. The summed E-state index contributed by atoms with van der Waals surface area (Å²) in [6, 6.07) is 0. The van der Waals surface area contributed by atoms with Crippen molar-refractivity contribution in [2.75, 3.05) is 17.3 Å². The van der Waals surface area contributed by atoms with Crippen molar-refractivity contribution in [2.24, 2.45) is 5.92 Å². The number of Topliss-reactive ketones (excluding diaryl/α,β-unsaturated/α-hetero) is 1. The molecule has 2 heterocycles. The van der Waals surface area contributed by atoms with E-state index in [2.05, 4.69) is 4.37 Å². The number of nitrogens with zero attached hydrogens (tertiary/aromatic N) is 2. The Morgan fingerprint density at radius 2 is 2.35 bits per heavy atom. The first-order chi connectivity index (χ1) is 8.04. The van der Waals surface area contributed by atoms with Gasteiger partial charge in [-0.25, -0.2) is 0 Å². The summed E-state index contributed by atoms with van der Waals surface area (Å²) < 4.78 is 4.16. The van der Waals surface area contributed by atoms with Crippen LogP contribution in [0.1, 0.15) is 29.4 Å². The number of carbonyl (C=O) groups is 2. The Hall–Kier alpha value is -0.940. The largest absolute Gasteiger partial charge is 0.302 e. The van der Waals surface area contributed by atoms with Gasteiger partial charge in [-0.05, 0) is 31.3 Å². The fourth-order valence-corrected chi connectivity index (χ4v) is 3.21. The second-order valence-electron chi connectivity index (χ2n) is 4.23. The molecule has 0 saturated carbocycles. The van der Waals surface area contributed by atoms with Gasteiger partial charge in [0.25, 0.3) is 0 Å². The highest BCUT2D eigenvalue weighted by Crippen LogP contribution is 2.33. The molecule has 1 aromatic rings. The summed E-state index contributed by atoms with van der Waals surface area (Å²) in [7, 11) is 0. The molecule has 1 aliphatic rings. The number of carbonyl (C=O) groups excluding carboxylic acids is 2. The van der Waals surface area contributed by atoms with Crippen molar-refractivity contribution in [1.82, 2.24) is 4.37 Å². The van der Waals surface area contributed by atoms with Crippen LogP contribution in [0.3, 0.4) is 0 Å². The molecule has 92 valence electrons. The molecule has 1 saturated heterocycles. The van der Waals surface area contributed by atoms with Crippen LogP contribution < -0.4 is 4.90 Å². The number of ketones is 1. The molecule has 1 fully saturated rings. The van der Waals surface area contributed by atoms with Crippen LogP contribution in [0.5, 0.6) is 0 Å². The Morgan fingerprint density at radius 1 is 1.65 bits per heavy atom. The highest BCUT2D eigenvalue weighted by atomic mass is 35.5. The van der Waals surface area contributed by atoms with Crippen LogP contribution in [0, 0.1) is 12.8 Å². The van der Waals surface area contributed by atoms with Crippen molar-refractivity contribution in [3.63, 3.8) is 0 Å². The van der Waals surface area contributed by atoms with E-state index in [1.807, 2.05) is 0 Å². The normalized spacial score (nSPS) is 20.1.